The van der Waals surface area contributed by atoms with Gasteiger partial charge in [0, 0.05) is 11.1 Å². The highest BCUT2D eigenvalue weighted by atomic mass is 16.7. The lowest BCUT2D eigenvalue weighted by molar-refractivity contribution is -0.170. The van der Waals surface area contributed by atoms with Crippen LogP contribution in [0.25, 0.3) is 0 Å². The van der Waals surface area contributed by atoms with Crippen molar-refractivity contribution < 1.29 is 19.1 Å². The van der Waals surface area contributed by atoms with E-state index in [-0.39, 0.29) is 11.6 Å². The number of hydrogen-bond acceptors (Lipinski definition) is 4. The summed E-state index contributed by atoms with van der Waals surface area (Å²) in [6.07, 6.45) is 0. The molecule has 1 aliphatic carbocycles. The molecule has 0 aromatic heterocycles. The van der Waals surface area contributed by atoms with Crippen LogP contribution in [0.15, 0.2) is 41.5 Å². The standard InChI is InChI=1S/C14H12O4/c1-9-11(12(15)10-5-3-2-4-6-10)14(13(9)16)17-7-8-18-14/h2-6H,7-8H2,1H3. The third kappa shape index (κ3) is 1.33. The highest BCUT2D eigenvalue weighted by Crippen LogP contribution is 2.43. The predicted octanol–water partition coefficient (Wildman–Crippen LogP) is 1.51. The summed E-state index contributed by atoms with van der Waals surface area (Å²) in [7, 11) is 0. The Kier molecular flexibility index (Phi) is 2.43. The largest absolute Gasteiger partial charge is 0.337 e. The summed E-state index contributed by atoms with van der Waals surface area (Å²) in [6.45, 7) is 2.31. The third-order valence-electron chi connectivity index (χ3n) is 3.30. The number of ketones is 2. The maximum atomic E-state index is 12.4. The van der Waals surface area contributed by atoms with Gasteiger partial charge in [0.2, 0.25) is 5.78 Å². The van der Waals surface area contributed by atoms with Crippen LogP contribution in [-0.4, -0.2) is 30.6 Å². The van der Waals surface area contributed by atoms with Crippen LogP contribution in [0.5, 0.6) is 0 Å². The fourth-order valence-electron chi connectivity index (χ4n) is 2.40. The van der Waals surface area contributed by atoms with Gasteiger partial charge in [0.1, 0.15) is 0 Å². The van der Waals surface area contributed by atoms with Crippen molar-refractivity contribution in [2.75, 3.05) is 13.2 Å². The predicted molar refractivity (Wildman–Crippen MR) is 63.1 cm³/mol. The molecule has 1 saturated heterocycles. The van der Waals surface area contributed by atoms with E-state index in [0.717, 1.165) is 0 Å². The fraction of sp³-hybridized carbons (Fsp3) is 0.286. The van der Waals surface area contributed by atoms with Crippen molar-refractivity contribution in [3.8, 4) is 0 Å². The molecule has 3 rings (SSSR count). The Labute approximate surface area is 104 Å². The van der Waals surface area contributed by atoms with Crippen molar-refractivity contribution in [1.82, 2.24) is 0 Å². The molecule has 0 amide bonds. The van der Waals surface area contributed by atoms with E-state index in [1.54, 1.807) is 31.2 Å². The minimum Gasteiger partial charge on any atom is -0.337 e. The van der Waals surface area contributed by atoms with Crippen LogP contribution in [0, 0.1) is 0 Å². The van der Waals surface area contributed by atoms with E-state index in [2.05, 4.69) is 0 Å². The maximum Gasteiger partial charge on any atom is 0.265 e. The van der Waals surface area contributed by atoms with Gasteiger partial charge in [-0.15, -0.1) is 0 Å². The van der Waals surface area contributed by atoms with Crippen molar-refractivity contribution in [1.29, 1.82) is 0 Å². The van der Waals surface area contributed by atoms with Gasteiger partial charge < -0.3 is 9.47 Å². The molecule has 2 aliphatic rings. The summed E-state index contributed by atoms with van der Waals surface area (Å²) in [5.41, 5.74) is 1.32. The molecule has 0 unspecified atom stereocenters. The molecule has 0 saturated carbocycles. The van der Waals surface area contributed by atoms with Crippen molar-refractivity contribution in [3.63, 3.8) is 0 Å². The van der Waals surface area contributed by atoms with Crippen LogP contribution in [0.4, 0.5) is 0 Å². The van der Waals surface area contributed by atoms with Gasteiger partial charge in [-0.05, 0) is 6.92 Å². The van der Waals surface area contributed by atoms with Gasteiger partial charge in [-0.2, -0.15) is 0 Å². The van der Waals surface area contributed by atoms with Gasteiger partial charge in [-0.25, -0.2) is 0 Å². The Morgan fingerprint density at radius 3 is 2.39 bits per heavy atom. The summed E-state index contributed by atoms with van der Waals surface area (Å²) in [5.74, 6) is -1.86. The molecule has 4 heteroatoms. The Hall–Kier alpha value is -1.78. The van der Waals surface area contributed by atoms with Crippen LogP contribution < -0.4 is 0 Å². The van der Waals surface area contributed by atoms with Gasteiger partial charge in [0.15, 0.2) is 5.78 Å². The van der Waals surface area contributed by atoms with Gasteiger partial charge in [-0.3, -0.25) is 9.59 Å². The fourth-order valence-corrected chi connectivity index (χ4v) is 2.40. The third-order valence-corrected chi connectivity index (χ3v) is 3.30. The molecule has 0 atom stereocenters. The van der Waals surface area contributed by atoms with Gasteiger partial charge in [-0.1, -0.05) is 30.3 Å². The maximum absolute atomic E-state index is 12.4. The first-order valence-corrected chi connectivity index (χ1v) is 5.80. The Bertz CT molecular complexity index is 550. The second-order valence-electron chi connectivity index (χ2n) is 4.34. The van der Waals surface area contributed by atoms with E-state index >= 15 is 0 Å². The molecule has 92 valence electrons. The summed E-state index contributed by atoms with van der Waals surface area (Å²) < 4.78 is 10.7. The normalized spacial score (nSPS) is 21.3. The number of hydrogen-bond donors (Lipinski definition) is 0. The summed E-state index contributed by atoms with van der Waals surface area (Å²) in [5, 5.41) is 0. The molecule has 1 spiro atoms. The number of Topliss-reactive ketones (excluding diaryl/α,β-unsaturated/α-hetero) is 2. The first-order chi connectivity index (χ1) is 8.67. The molecule has 0 bridgehead atoms. The van der Waals surface area contributed by atoms with Crippen LogP contribution in [0.2, 0.25) is 0 Å². The molecule has 1 heterocycles. The number of carbonyl (C=O) groups excluding carboxylic acids is 2. The topological polar surface area (TPSA) is 52.6 Å². The van der Waals surface area contributed by atoms with Gasteiger partial charge >= 0.3 is 0 Å². The van der Waals surface area contributed by atoms with Crippen molar-refractivity contribution >= 4 is 11.6 Å². The van der Waals surface area contributed by atoms with Crippen LogP contribution in [0.3, 0.4) is 0 Å². The molecule has 1 aromatic carbocycles. The Morgan fingerprint density at radius 2 is 1.78 bits per heavy atom. The van der Waals surface area contributed by atoms with E-state index in [1.165, 1.54) is 0 Å². The first kappa shape index (κ1) is 11.3. The van der Waals surface area contributed by atoms with Crippen LogP contribution in [-0.2, 0) is 14.3 Å². The zero-order valence-corrected chi connectivity index (χ0v) is 9.93. The van der Waals surface area contributed by atoms with Crippen LogP contribution in [0.1, 0.15) is 17.3 Å². The summed E-state index contributed by atoms with van der Waals surface area (Å²) in [4.78, 5) is 24.2. The summed E-state index contributed by atoms with van der Waals surface area (Å²) >= 11 is 0. The molecule has 18 heavy (non-hydrogen) atoms. The molecular formula is C14H12O4. The lowest BCUT2D eigenvalue weighted by Gasteiger charge is -2.36. The monoisotopic (exact) mass is 244 g/mol. The molecule has 1 aromatic rings. The van der Waals surface area contributed by atoms with Crippen molar-refractivity contribution in [2.45, 2.75) is 12.7 Å². The van der Waals surface area contributed by atoms with E-state index in [0.29, 0.717) is 29.9 Å². The first-order valence-electron chi connectivity index (χ1n) is 5.80. The van der Waals surface area contributed by atoms with Crippen molar-refractivity contribution in [2.24, 2.45) is 0 Å². The SMILES string of the molecule is CC1=C(C(=O)c2ccccc2)C2(OCCO2)C1=O. The van der Waals surface area contributed by atoms with E-state index in [9.17, 15) is 9.59 Å². The number of benzene rings is 1. The lowest BCUT2D eigenvalue weighted by Crippen LogP contribution is -2.53. The molecular weight excluding hydrogens is 232 g/mol. The van der Waals surface area contributed by atoms with Gasteiger partial charge in [0.05, 0.1) is 18.8 Å². The average Bonchev–Trinajstić information content (AvgIpc) is 2.91. The van der Waals surface area contributed by atoms with E-state index in [4.69, 9.17) is 9.47 Å². The number of carbonyl (C=O) groups is 2. The molecule has 0 N–H and O–H groups in total. The molecule has 1 fully saturated rings. The average molecular weight is 244 g/mol. The lowest BCUT2D eigenvalue weighted by atomic mass is 9.77. The van der Waals surface area contributed by atoms with Crippen molar-refractivity contribution in [3.05, 3.63) is 47.0 Å². The minimum atomic E-state index is -1.42. The van der Waals surface area contributed by atoms with E-state index in [1.807, 2.05) is 6.07 Å². The summed E-state index contributed by atoms with van der Waals surface area (Å²) in [6, 6.07) is 8.84. The van der Waals surface area contributed by atoms with Gasteiger partial charge in [0.25, 0.3) is 5.79 Å². The van der Waals surface area contributed by atoms with E-state index < -0.39 is 5.79 Å². The van der Waals surface area contributed by atoms with Crippen LogP contribution >= 0.6 is 0 Å². The Morgan fingerprint density at radius 1 is 1.17 bits per heavy atom. The second-order valence-corrected chi connectivity index (χ2v) is 4.34. The second kappa shape index (κ2) is 3.86. The Balaban J connectivity index is 2.02. The number of rotatable bonds is 2. The zero-order chi connectivity index (χ0) is 12.8. The molecule has 1 aliphatic heterocycles. The zero-order valence-electron chi connectivity index (χ0n) is 9.93. The molecule has 0 radical (unpaired) electrons. The minimum absolute atomic E-state index is 0.199. The smallest absolute Gasteiger partial charge is 0.265 e. The highest BCUT2D eigenvalue weighted by Gasteiger charge is 2.59. The number of ether oxygens (including phenoxy) is 2. The quantitative estimate of drug-likeness (QED) is 0.740. The molecule has 4 nitrogen and oxygen atoms in total. The highest BCUT2D eigenvalue weighted by molar-refractivity contribution is 6.26.